The van der Waals surface area contributed by atoms with E-state index in [2.05, 4.69) is 27.1 Å². The van der Waals surface area contributed by atoms with E-state index in [1.807, 2.05) is 10.8 Å². The fourth-order valence-electron chi connectivity index (χ4n) is 3.32. The van der Waals surface area contributed by atoms with Gasteiger partial charge in [0.05, 0.1) is 41.6 Å². The Morgan fingerprint density at radius 1 is 1.32 bits per heavy atom. The van der Waals surface area contributed by atoms with Crippen LogP contribution in [0.3, 0.4) is 0 Å². The summed E-state index contributed by atoms with van der Waals surface area (Å²) in [4.78, 5) is 18.0. The number of carbonyl (C=O) groups is 1. The summed E-state index contributed by atoms with van der Waals surface area (Å²) in [6.45, 7) is 4.46. The maximum Gasteiger partial charge on any atom is 0.250 e. The van der Waals surface area contributed by atoms with Crippen LogP contribution in [0.2, 0.25) is 5.02 Å². The van der Waals surface area contributed by atoms with Crippen molar-refractivity contribution in [2.75, 3.05) is 6.61 Å². The number of amides is 1. The molecule has 0 saturated heterocycles. The zero-order valence-corrected chi connectivity index (χ0v) is 17.5. The van der Waals surface area contributed by atoms with E-state index >= 15 is 0 Å². The van der Waals surface area contributed by atoms with Crippen LogP contribution in [0.5, 0.6) is 0 Å². The van der Waals surface area contributed by atoms with Crippen LogP contribution in [-0.2, 0) is 16.1 Å². The number of imidazole rings is 1. The van der Waals surface area contributed by atoms with Gasteiger partial charge in [0, 0.05) is 30.4 Å². The Hall–Kier alpha value is -3.04. The highest BCUT2D eigenvalue weighted by Crippen LogP contribution is 2.33. The molecular weight excluding hydrogens is 423 g/mol. The molecule has 0 bridgehead atoms. The summed E-state index contributed by atoms with van der Waals surface area (Å²) < 4.78 is 21.1. The first kappa shape index (κ1) is 21.2. The van der Waals surface area contributed by atoms with Gasteiger partial charge in [0.1, 0.15) is 12.4 Å². The lowest BCUT2D eigenvalue weighted by Crippen LogP contribution is -2.37. The van der Waals surface area contributed by atoms with Crippen molar-refractivity contribution >= 4 is 17.5 Å². The summed E-state index contributed by atoms with van der Waals surface area (Å²) in [6, 6.07) is 4.81. The summed E-state index contributed by atoms with van der Waals surface area (Å²) in [5, 5.41) is 11.1. The van der Waals surface area contributed by atoms with E-state index in [1.54, 1.807) is 29.6 Å². The molecule has 1 aliphatic carbocycles. The predicted molar refractivity (Wildman–Crippen MR) is 113 cm³/mol. The molecule has 4 rings (SSSR count). The third-order valence-electron chi connectivity index (χ3n) is 5.12. The number of benzene rings is 1. The molecule has 8 nitrogen and oxygen atoms in total. The largest absolute Gasteiger partial charge is 0.368 e. The maximum absolute atomic E-state index is 13.6. The van der Waals surface area contributed by atoms with Crippen molar-refractivity contribution in [3.05, 3.63) is 66.2 Å². The van der Waals surface area contributed by atoms with Crippen molar-refractivity contribution < 1.29 is 13.9 Å². The van der Waals surface area contributed by atoms with Gasteiger partial charge in [0.2, 0.25) is 5.91 Å². The Morgan fingerprint density at radius 3 is 2.84 bits per heavy atom. The molecule has 1 saturated carbocycles. The molecule has 2 heterocycles. The fraction of sp³-hybridized carbons (Fsp3) is 0.333. The van der Waals surface area contributed by atoms with E-state index in [0.29, 0.717) is 29.9 Å². The van der Waals surface area contributed by atoms with Crippen LogP contribution in [0.15, 0.2) is 55.4 Å². The maximum atomic E-state index is 13.6. The van der Waals surface area contributed by atoms with Crippen LogP contribution in [-0.4, -0.2) is 43.2 Å². The van der Waals surface area contributed by atoms with Crippen LogP contribution in [0.25, 0.3) is 11.3 Å². The number of allylic oxidation sites excluding steroid dienone is 1. The number of nitrogens with one attached hydrogen (secondary N) is 1. The number of hydrogen-bond donors (Lipinski definition) is 1. The molecule has 2 aromatic heterocycles. The Balaban J connectivity index is 1.16. The molecule has 31 heavy (non-hydrogen) atoms. The molecule has 1 fully saturated rings. The second kappa shape index (κ2) is 9.40. The van der Waals surface area contributed by atoms with Gasteiger partial charge in [-0.1, -0.05) is 24.2 Å². The van der Waals surface area contributed by atoms with Crippen LogP contribution < -0.4 is 5.32 Å². The standard InChI is InChI=1S/C21H22ClFN6O2/c1-14(27-21(30)12-31-17-9-16(10-17)29-25-5-6-26-29)4-7-28-11-20(24-13-28)15-2-3-18(22)19(23)8-15/h2-3,5-6,8,11,13,16-17H,1,4,7,9-10,12H2,(H,27,30)/t16-,17+. The quantitative estimate of drug-likeness (QED) is 0.546. The molecule has 0 radical (unpaired) electrons. The molecule has 0 aliphatic heterocycles. The van der Waals surface area contributed by atoms with Gasteiger partial charge in [0.15, 0.2) is 0 Å². The molecule has 1 aromatic carbocycles. The van der Waals surface area contributed by atoms with Crippen molar-refractivity contribution in [3.8, 4) is 11.3 Å². The Bertz CT molecular complexity index is 1060. The second-order valence-corrected chi connectivity index (χ2v) is 7.84. The van der Waals surface area contributed by atoms with E-state index < -0.39 is 5.82 Å². The topological polar surface area (TPSA) is 86.9 Å². The number of aromatic nitrogens is 5. The highest BCUT2D eigenvalue weighted by molar-refractivity contribution is 6.30. The molecular formula is C21H22ClFN6O2. The van der Waals surface area contributed by atoms with Gasteiger partial charge in [-0.2, -0.15) is 15.0 Å². The average molecular weight is 445 g/mol. The minimum atomic E-state index is -0.484. The summed E-state index contributed by atoms with van der Waals surface area (Å²) in [5.74, 6) is -0.712. The second-order valence-electron chi connectivity index (χ2n) is 7.44. The molecule has 1 aliphatic rings. The monoisotopic (exact) mass is 444 g/mol. The molecule has 1 amide bonds. The van der Waals surface area contributed by atoms with E-state index in [4.69, 9.17) is 16.3 Å². The van der Waals surface area contributed by atoms with E-state index in [-0.39, 0.29) is 29.7 Å². The highest BCUT2D eigenvalue weighted by atomic mass is 35.5. The smallest absolute Gasteiger partial charge is 0.250 e. The number of ether oxygens (including phenoxy) is 1. The number of nitrogens with zero attached hydrogens (tertiary/aromatic N) is 5. The van der Waals surface area contributed by atoms with Gasteiger partial charge < -0.3 is 14.6 Å². The first-order valence-corrected chi connectivity index (χ1v) is 10.3. The van der Waals surface area contributed by atoms with Gasteiger partial charge in [0.25, 0.3) is 0 Å². The van der Waals surface area contributed by atoms with E-state index in [0.717, 1.165) is 12.8 Å². The third kappa shape index (κ3) is 5.36. The lowest BCUT2D eigenvalue weighted by atomic mass is 9.90. The van der Waals surface area contributed by atoms with E-state index in [1.165, 1.54) is 12.1 Å². The van der Waals surface area contributed by atoms with Crippen LogP contribution in [0.1, 0.15) is 25.3 Å². The number of rotatable bonds is 9. The molecule has 3 aromatic rings. The lowest BCUT2D eigenvalue weighted by Gasteiger charge is -2.33. The van der Waals surface area contributed by atoms with Crippen molar-refractivity contribution in [2.45, 2.75) is 38.0 Å². The Kier molecular flexibility index (Phi) is 6.43. The van der Waals surface area contributed by atoms with Gasteiger partial charge in [-0.05, 0) is 25.0 Å². The first-order chi connectivity index (χ1) is 15.0. The van der Waals surface area contributed by atoms with Crippen molar-refractivity contribution in [1.82, 2.24) is 29.9 Å². The summed E-state index contributed by atoms with van der Waals surface area (Å²) in [7, 11) is 0. The minimum Gasteiger partial charge on any atom is -0.368 e. The number of aryl methyl sites for hydroxylation is 1. The highest BCUT2D eigenvalue weighted by Gasteiger charge is 2.32. The fourth-order valence-corrected chi connectivity index (χ4v) is 3.43. The summed E-state index contributed by atoms with van der Waals surface area (Å²) >= 11 is 5.72. The lowest BCUT2D eigenvalue weighted by molar-refractivity contribution is -0.130. The number of hydrogen-bond acceptors (Lipinski definition) is 5. The zero-order valence-electron chi connectivity index (χ0n) is 16.7. The Morgan fingerprint density at radius 2 is 2.10 bits per heavy atom. The van der Waals surface area contributed by atoms with Crippen molar-refractivity contribution in [2.24, 2.45) is 0 Å². The molecule has 0 spiro atoms. The summed E-state index contributed by atoms with van der Waals surface area (Å²) in [5.41, 5.74) is 1.88. The van der Waals surface area contributed by atoms with Crippen molar-refractivity contribution in [1.29, 1.82) is 0 Å². The number of carbonyl (C=O) groups excluding carboxylic acids is 1. The minimum absolute atomic E-state index is 0.0136. The van der Waals surface area contributed by atoms with Gasteiger partial charge in [-0.3, -0.25) is 4.79 Å². The summed E-state index contributed by atoms with van der Waals surface area (Å²) in [6.07, 6.45) is 8.92. The van der Waals surface area contributed by atoms with Crippen molar-refractivity contribution in [3.63, 3.8) is 0 Å². The molecule has 0 unspecified atom stereocenters. The van der Waals surface area contributed by atoms with Crippen LogP contribution in [0, 0.1) is 5.82 Å². The molecule has 1 N–H and O–H groups in total. The number of halogens is 2. The van der Waals surface area contributed by atoms with Gasteiger partial charge in [-0.25, -0.2) is 9.37 Å². The Labute approximate surface area is 183 Å². The zero-order chi connectivity index (χ0) is 21.8. The predicted octanol–water partition coefficient (Wildman–Crippen LogP) is 3.37. The van der Waals surface area contributed by atoms with E-state index in [9.17, 15) is 9.18 Å². The SMILES string of the molecule is C=C(CCn1cnc(-c2ccc(Cl)c(F)c2)c1)NC(=O)CO[C@H]1C[C@@H](n2nccn2)C1. The first-order valence-electron chi connectivity index (χ1n) is 9.90. The molecule has 0 atom stereocenters. The average Bonchev–Trinajstić information content (AvgIpc) is 3.39. The normalized spacial score (nSPS) is 17.9. The van der Waals surface area contributed by atoms with Gasteiger partial charge in [-0.15, -0.1) is 0 Å². The van der Waals surface area contributed by atoms with Crippen LogP contribution in [0.4, 0.5) is 4.39 Å². The molecule has 162 valence electrons. The van der Waals surface area contributed by atoms with Gasteiger partial charge >= 0.3 is 0 Å². The third-order valence-corrected chi connectivity index (χ3v) is 5.43. The van der Waals surface area contributed by atoms with Crippen LogP contribution >= 0.6 is 11.6 Å². The molecule has 10 heteroatoms.